The van der Waals surface area contributed by atoms with Crippen LogP contribution in [0.5, 0.6) is 23.1 Å². The van der Waals surface area contributed by atoms with Gasteiger partial charge in [-0.25, -0.2) is 4.98 Å². The molecule has 3 aromatic rings. The van der Waals surface area contributed by atoms with Crippen molar-refractivity contribution >= 4 is 11.8 Å². The number of pyridine rings is 1. The van der Waals surface area contributed by atoms with Gasteiger partial charge in [-0.1, -0.05) is 6.07 Å². The summed E-state index contributed by atoms with van der Waals surface area (Å²) in [6.07, 6.45) is 0.897. The van der Waals surface area contributed by atoms with Crippen LogP contribution in [-0.2, 0) is 17.6 Å². The van der Waals surface area contributed by atoms with E-state index in [1.54, 1.807) is 12.1 Å². The molecule has 5 rings (SSSR count). The van der Waals surface area contributed by atoms with Gasteiger partial charge in [0.15, 0.2) is 23.1 Å². The van der Waals surface area contributed by atoms with Crippen LogP contribution >= 0.6 is 0 Å². The lowest BCUT2D eigenvalue weighted by atomic mass is 9.91. The number of nitrogens with one attached hydrogen (secondary N) is 1. The van der Waals surface area contributed by atoms with Crippen molar-refractivity contribution in [1.29, 1.82) is 0 Å². The van der Waals surface area contributed by atoms with Crippen LogP contribution in [0.4, 0.5) is 5.82 Å². The van der Waals surface area contributed by atoms with Crippen LogP contribution in [0.15, 0.2) is 40.9 Å². The molecule has 10 nitrogen and oxygen atoms in total. The molecule has 0 saturated carbocycles. The molecule has 2 N–H and O–H groups in total. The number of fused-ring (bicyclic) bond motifs is 2. The molecule has 1 aromatic carbocycles. The molecule has 4 heterocycles. The topological polar surface area (TPSA) is 125 Å². The number of carbonyl (C=O) groups is 1. The molecule has 0 bridgehead atoms. The molecule has 0 aliphatic carbocycles. The summed E-state index contributed by atoms with van der Waals surface area (Å²) in [7, 11) is 0. The van der Waals surface area contributed by atoms with E-state index in [9.17, 15) is 9.90 Å². The van der Waals surface area contributed by atoms with E-state index in [1.165, 1.54) is 0 Å². The largest absolute Gasteiger partial charge is 0.488 e. The summed E-state index contributed by atoms with van der Waals surface area (Å²) in [6, 6.07) is 11.0. The molecule has 33 heavy (non-hydrogen) atoms. The van der Waals surface area contributed by atoms with Crippen molar-refractivity contribution in [1.82, 2.24) is 10.1 Å². The molecule has 0 fully saturated rings. The van der Waals surface area contributed by atoms with Crippen LogP contribution < -0.4 is 24.3 Å². The molecule has 0 radical (unpaired) electrons. The van der Waals surface area contributed by atoms with Crippen LogP contribution in [0.2, 0.25) is 0 Å². The van der Waals surface area contributed by atoms with Gasteiger partial charge in [-0.05, 0) is 35.0 Å². The van der Waals surface area contributed by atoms with Crippen LogP contribution in [-0.4, -0.2) is 47.8 Å². The second-order valence-electron chi connectivity index (χ2n) is 7.77. The fourth-order valence-electron chi connectivity index (χ4n) is 3.85. The molecule has 2 aromatic heterocycles. The number of carboxylic acid groups (broad SMARTS) is 1. The van der Waals surface area contributed by atoms with Crippen LogP contribution in [0.25, 0.3) is 0 Å². The van der Waals surface area contributed by atoms with E-state index in [0.29, 0.717) is 49.2 Å². The van der Waals surface area contributed by atoms with Gasteiger partial charge in [-0.3, -0.25) is 4.79 Å². The maximum atomic E-state index is 11.4. The zero-order valence-corrected chi connectivity index (χ0v) is 17.8. The molecule has 2 aliphatic heterocycles. The predicted octanol–water partition coefficient (Wildman–Crippen LogP) is 3.03. The average Bonchev–Trinajstić information content (AvgIpc) is 3.47. The minimum absolute atomic E-state index is 0.0573. The second-order valence-corrected chi connectivity index (χ2v) is 7.77. The number of benzene rings is 1. The third kappa shape index (κ3) is 4.94. The lowest BCUT2D eigenvalue weighted by Gasteiger charge is -2.18. The quantitative estimate of drug-likeness (QED) is 0.499. The first-order valence-electron chi connectivity index (χ1n) is 10.7. The number of aliphatic carboxylic acids is 1. The van der Waals surface area contributed by atoms with Gasteiger partial charge in [-0.2, -0.15) is 0 Å². The van der Waals surface area contributed by atoms with Crippen LogP contribution in [0.3, 0.4) is 0 Å². The first-order valence-corrected chi connectivity index (χ1v) is 10.7. The molecule has 0 spiro atoms. The van der Waals surface area contributed by atoms with Gasteiger partial charge in [0.05, 0.1) is 19.6 Å². The van der Waals surface area contributed by atoms with E-state index in [1.807, 2.05) is 24.3 Å². The minimum Gasteiger partial charge on any atom is -0.488 e. The van der Waals surface area contributed by atoms with Crippen molar-refractivity contribution in [2.75, 3.05) is 31.9 Å². The first kappa shape index (κ1) is 20.9. The summed E-state index contributed by atoms with van der Waals surface area (Å²) in [5, 5.41) is 16.5. The van der Waals surface area contributed by atoms with E-state index in [-0.39, 0.29) is 19.1 Å². The van der Waals surface area contributed by atoms with E-state index in [4.69, 9.17) is 23.5 Å². The van der Waals surface area contributed by atoms with Gasteiger partial charge in [0, 0.05) is 30.5 Å². The monoisotopic (exact) mass is 453 g/mol. The SMILES string of the molecule is O=C(O)CC(Cc1cc(OCCc2ccc3c(n2)NCCO3)no1)c1ccc2c(c1)OCO2. The predicted molar refractivity (Wildman–Crippen MR) is 115 cm³/mol. The highest BCUT2D eigenvalue weighted by Gasteiger charge is 2.22. The molecule has 172 valence electrons. The fraction of sp³-hybridized carbons (Fsp3) is 0.348. The number of aromatic nitrogens is 2. The summed E-state index contributed by atoms with van der Waals surface area (Å²) in [6.45, 7) is 1.90. The Morgan fingerprint density at radius 1 is 1.12 bits per heavy atom. The highest BCUT2D eigenvalue weighted by atomic mass is 16.7. The Hall–Kier alpha value is -3.95. The summed E-state index contributed by atoms with van der Waals surface area (Å²) < 4.78 is 27.4. The maximum absolute atomic E-state index is 11.4. The number of ether oxygens (including phenoxy) is 4. The number of carboxylic acids is 1. The van der Waals surface area contributed by atoms with Crippen LogP contribution in [0, 0.1) is 0 Å². The molecular formula is C23H23N3O7. The lowest BCUT2D eigenvalue weighted by Crippen LogP contribution is -2.19. The van der Waals surface area contributed by atoms with Gasteiger partial charge in [-0.15, -0.1) is 0 Å². The molecular weight excluding hydrogens is 430 g/mol. The Morgan fingerprint density at radius 3 is 2.91 bits per heavy atom. The van der Waals surface area contributed by atoms with Crippen molar-refractivity contribution < 1.29 is 33.4 Å². The van der Waals surface area contributed by atoms with Gasteiger partial charge in [0.2, 0.25) is 6.79 Å². The zero-order valence-electron chi connectivity index (χ0n) is 17.8. The Morgan fingerprint density at radius 2 is 2.00 bits per heavy atom. The minimum atomic E-state index is -0.897. The van der Waals surface area contributed by atoms with Crippen molar-refractivity contribution in [3.05, 3.63) is 53.4 Å². The van der Waals surface area contributed by atoms with Crippen LogP contribution in [0.1, 0.15) is 29.4 Å². The fourth-order valence-corrected chi connectivity index (χ4v) is 3.85. The van der Waals surface area contributed by atoms with E-state index >= 15 is 0 Å². The molecule has 0 saturated heterocycles. The third-order valence-electron chi connectivity index (χ3n) is 5.45. The Balaban J connectivity index is 1.19. The Labute approximate surface area is 189 Å². The smallest absolute Gasteiger partial charge is 0.303 e. The highest BCUT2D eigenvalue weighted by Crippen LogP contribution is 2.36. The van der Waals surface area contributed by atoms with Crippen molar-refractivity contribution in [2.45, 2.75) is 25.2 Å². The van der Waals surface area contributed by atoms with E-state index < -0.39 is 5.97 Å². The normalized spacial score (nSPS) is 14.7. The van der Waals surface area contributed by atoms with Crippen molar-refractivity contribution in [2.24, 2.45) is 0 Å². The maximum Gasteiger partial charge on any atom is 0.303 e. The first-order chi connectivity index (χ1) is 16.1. The van der Waals surface area contributed by atoms with Gasteiger partial charge in [0.1, 0.15) is 12.4 Å². The summed E-state index contributed by atoms with van der Waals surface area (Å²) in [5.41, 5.74) is 1.70. The second kappa shape index (κ2) is 9.27. The standard InChI is InChI=1S/C23H23N3O7/c27-22(28)11-15(14-1-3-18-20(10-14)32-13-31-18)9-17-12-21(26-33-17)30-7-5-16-2-4-19-23(25-16)24-6-8-29-19/h1-4,10,12,15H,5-9,11,13H2,(H,24,25)(H,27,28). The average molecular weight is 453 g/mol. The summed E-state index contributed by atoms with van der Waals surface area (Å²) in [5.74, 6) is 2.45. The zero-order chi connectivity index (χ0) is 22.6. The molecule has 1 atom stereocenters. The molecule has 0 amide bonds. The molecule has 10 heteroatoms. The van der Waals surface area contributed by atoms with Crippen molar-refractivity contribution in [3.63, 3.8) is 0 Å². The lowest BCUT2D eigenvalue weighted by molar-refractivity contribution is -0.137. The summed E-state index contributed by atoms with van der Waals surface area (Å²) in [4.78, 5) is 16.0. The Bertz CT molecular complexity index is 1150. The number of hydrogen-bond donors (Lipinski definition) is 2. The molecule has 1 unspecified atom stereocenters. The molecule has 2 aliphatic rings. The number of anilines is 1. The third-order valence-corrected chi connectivity index (χ3v) is 5.45. The highest BCUT2D eigenvalue weighted by molar-refractivity contribution is 5.68. The Kier molecular flexibility index (Phi) is 5.88. The summed E-state index contributed by atoms with van der Waals surface area (Å²) >= 11 is 0. The number of rotatable bonds is 9. The number of hydrogen-bond acceptors (Lipinski definition) is 9. The van der Waals surface area contributed by atoms with E-state index in [0.717, 1.165) is 29.4 Å². The van der Waals surface area contributed by atoms with E-state index in [2.05, 4.69) is 15.5 Å². The van der Waals surface area contributed by atoms with Crippen molar-refractivity contribution in [3.8, 4) is 23.1 Å². The van der Waals surface area contributed by atoms with Gasteiger partial charge < -0.3 is 33.9 Å². The van der Waals surface area contributed by atoms with Gasteiger partial charge >= 0.3 is 5.97 Å². The number of nitrogens with zero attached hydrogens (tertiary/aromatic N) is 2. The van der Waals surface area contributed by atoms with Gasteiger partial charge in [0.25, 0.3) is 5.88 Å².